The van der Waals surface area contributed by atoms with Crippen LogP contribution >= 0.6 is 0 Å². The molecule has 0 spiro atoms. The summed E-state index contributed by atoms with van der Waals surface area (Å²) in [6.45, 7) is 5.95. The fourth-order valence-corrected chi connectivity index (χ4v) is 3.14. The lowest BCUT2D eigenvalue weighted by atomic mass is 9.81. The Balaban J connectivity index is 1.99. The van der Waals surface area contributed by atoms with Gasteiger partial charge >= 0.3 is 5.97 Å². The third-order valence-electron chi connectivity index (χ3n) is 4.26. The van der Waals surface area contributed by atoms with Crippen LogP contribution in [-0.4, -0.2) is 25.1 Å². The smallest absolute Gasteiger partial charge is 0.321 e. The molecule has 3 rings (SSSR count). The third-order valence-corrected chi connectivity index (χ3v) is 4.26. The minimum Gasteiger partial charge on any atom is -0.487 e. The van der Waals surface area contributed by atoms with E-state index in [1.807, 2.05) is 48.5 Å². The zero-order chi connectivity index (χ0) is 18.5. The van der Waals surface area contributed by atoms with Crippen molar-refractivity contribution in [2.75, 3.05) is 18.1 Å². The Morgan fingerprint density at radius 3 is 2.54 bits per heavy atom. The van der Waals surface area contributed by atoms with Crippen LogP contribution in [0.2, 0.25) is 0 Å². The monoisotopic (exact) mass is 351 g/mol. The van der Waals surface area contributed by atoms with E-state index in [-0.39, 0.29) is 12.5 Å². The SMILES string of the molecule is C=CCOc1ccccc1N1C(=O)[C@@H](C(=O)OCC)[C@@H]1c1ccccc1. The van der Waals surface area contributed by atoms with Crippen LogP contribution in [0, 0.1) is 5.92 Å². The molecule has 0 bridgehead atoms. The summed E-state index contributed by atoms with van der Waals surface area (Å²) in [6, 6.07) is 16.4. The highest BCUT2D eigenvalue weighted by Gasteiger charge is 2.54. The largest absolute Gasteiger partial charge is 0.487 e. The first kappa shape index (κ1) is 17.7. The maximum absolute atomic E-state index is 12.8. The minimum atomic E-state index is -0.843. The van der Waals surface area contributed by atoms with Crippen molar-refractivity contribution in [3.05, 3.63) is 72.8 Å². The Hall–Kier alpha value is -3.08. The predicted molar refractivity (Wildman–Crippen MR) is 98.9 cm³/mol. The molecule has 5 nitrogen and oxygen atoms in total. The van der Waals surface area contributed by atoms with Gasteiger partial charge in [0.2, 0.25) is 5.91 Å². The molecular formula is C21H21NO4. The molecule has 1 heterocycles. The molecule has 1 amide bonds. The van der Waals surface area contributed by atoms with Crippen molar-refractivity contribution in [1.82, 2.24) is 0 Å². The summed E-state index contributed by atoms with van der Waals surface area (Å²) < 4.78 is 10.8. The highest BCUT2D eigenvalue weighted by molar-refractivity contribution is 6.14. The second-order valence-corrected chi connectivity index (χ2v) is 5.86. The van der Waals surface area contributed by atoms with Gasteiger partial charge < -0.3 is 9.47 Å². The average molecular weight is 351 g/mol. The normalized spacial score (nSPS) is 18.8. The minimum absolute atomic E-state index is 0.239. The number of rotatable bonds is 7. The van der Waals surface area contributed by atoms with Crippen molar-refractivity contribution in [2.24, 2.45) is 5.92 Å². The van der Waals surface area contributed by atoms with Crippen molar-refractivity contribution < 1.29 is 19.1 Å². The molecule has 0 aliphatic carbocycles. The first-order valence-corrected chi connectivity index (χ1v) is 8.56. The molecule has 0 unspecified atom stereocenters. The van der Waals surface area contributed by atoms with Crippen molar-refractivity contribution in [2.45, 2.75) is 13.0 Å². The standard InChI is InChI=1S/C21H21NO4/c1-3-14-26-17-13-9-8-12-16(17)22-19(15-10-6-5-7-11-15)18(20(22)23)21(24)25-4-2/h3,5-13,18-19H,1,4,14H2,2H3/t18-,19-/m0/s1. The zero-order valence-electron chi connectivity index (χ0n) is 14.6. The number of benzene rings is 2. The predicted octanol–water partition coefficient (Wildman–Crippen LogP) is 3.52. The lowest BCUT2D eigenvalue weighted by molar-refractivity contribution is -0.157. The Morgan fingerprint density at radius 1 is 1.15 bits per heavy atom. The molecule has 2 aromatic rings. The molecule has 1 fully saturated rings. The number of carbonyl (C=O) groups is 2. The summed E-state index contributed by atoms with van der Waals surface area (Å²) >= 11 is 0. The highest BCUT2D eigenvalue weighted by atomic mass is 16.5. The number of hydrogen-bond acceptors (Lipinski definition) is 4. The van der Waals surface area contributed by atoms with E-state index in [1.54, 1.807) is 24.0 Å². The van der Waals surface area contributed by atoms with Gasteiger partial charge in [-0.25, -0.2) is 0 Å². The van der Waals surface area contributed by atoms with Crippen LogP contribution in [0.3, 0.4) is 0 Å². The van der Waals surface area contributed by atoms with E-state index in [2.05, 4.69) is 6.58 Å². The summed E-state index contributed by atoms with van der Waals surface area (Å²) in [5, 5.41) is 0. The van der Waals surface area contributed by atoms with Crippen LogP contribution in [0.25, 0.3) is 0 Å². The maximum atomic E-state index is 12.8. The average Bonchev–Trinajstić information content (AvgIpc) is 2.66. The third kappa shape index (κ3) is 3.20. The molecule has 2 aromatic carbocycles. The van der Waals surface area contributed by atoms with Crippen LogP contribution in [0.1, 0.15) is 18.5 Å². The van der Waals surface area contributed by atoms with Gasteiger partial charge in [-0.3, -0.25) is 14.5 Å². The molecule has 1 saturated heterocycles. The molecule has 1 aliphatic rings. The van der Waals surface area contributed by atoms with Gasteiger partial charge in [0.05, 0.1) is 18.3 Å². The molecule has 0 radical (unpaired) electrons. The zero-order valence-corrected chi connectivity index (χ0v) is 14.6. The van der Waals surface area contributed by atoms with Crippen molar-refractivity contribution in [3.8, 4) is 5.75 Å². The van der Waals surface area contributed by atoms with E-state index in [0.29, 0.717) is 18.0 Å². The topological polar surface area (TPSA) is 55.8 Å². The Kier molecular flexibility index (Phi) is 5.37. The molecule has 134 valence electrons. The Labute approximate surface area is 152 Å². The highest BCUT2D eigenvalue weighted by Crippen LogP contribution is 2.46. The fourth-order valence-electron chi connectivity index (χ4n) is 3.14. The second-order valence-electron chi connectivity index (χ2n) is 5.86. The van der Waals surface area contributed by atoms with Crippen molar-refractivity contribution >= 4 is 17.6 Å². The van der Waals surface area contributed by atoms with Crippen LogP contribution in [-0.2, 0) is 14.3 Å². The van der Waals surface area contributed by atoms with E-state index in [4.69, 9.17) is 9.47 Å². The van der Waals surface area contributed by atoms with E-state index in [1.165, 1.54) is 0 Å². The number of amides is 1. The van der Waals surface area contributed by atoms with Crippen LogP contribution in [0.4, 0.5) is 5.69 Å². The Bertz CT molecular complexity index is 803. The van der Waals surface area contributed by atoms with E-state index in [0.717, 1.165) is 5.56 Å². The van der Waals surface area contributed by atoms with Gasteiger partial charge in [0.15, 0.2) is 5.92 Å². The van der Waals surface area contributed by atoms with Crippen LogP contribution < -0.4 is 9.64 Å². The van der Waals surface area contributed by atoms with E-state index in [9.17, 15) is 9.59 Å². The van der Waals surface area contributed by atoms with Crippen LogP contribution in [0.15, 0.2) is 67.3 Å². The van der Waals surface area contributed by atoms with Gasteiger partial charge in [-0.15, -0.1) is 0 Å². The summed E-state index contributed by atoms with van der Waals surface area (Å²) in [5.41, 5.74) is 1.51. The summed E-state index contributed by atoms with van der Waals surface area (Å²) in [4.78, 5) is 26.8. The number of β-lactam (4-membered cyclic amide) rings is 1. The lowest BCUT2D eigenvalue weighted by Gasteiger charge is -2.46. The second kappa shape index (κ2) is 7.87. The number of hydrogen-bond donors (Lipinski definition) is 0. The number of ether oxygens (including phenoxy) is 2. The summed E-state index contributed by atoms with van der Waals surface area (Å²) in [6.07, 6.45) is 1.64. The molecule has 1 aliphatic heterocycles. The molecule has 2 atom stereocenters. The molecule has 0 saturated carbocycles. The van der Waals surface area contributed by atoms with Crippen LogP contribution in [0.5, 0.6) is 5.75 Å². The number of nitrogens with zero attached hydrogens (tertiary/aromatic N) is 1. The van der Waals surface area contributed by atoms with Gasteiger partial charge in [0, 0.05) is 0 Å². The molecular weight excluding hydrogens is 330 g/mol. The fraction of sp³-hybridized carbons (Fsp3) is 0.238. The molecule has 0 N–H and O–H groups in total. The van der Waals surface area contributed by atoms with Gasteiger partial charge in [0.25, 0.3) is 0 Å². The first-order valence-electron chi connectivity index (χ1n) is 8.56. The van der Waals surface area contributed by atoms with Gasteiger partial charge in [-0.1, -0.05) is 55.1 Å². The van der Waals surface area contributed by atoms with Gasteiger partial charge in [-0.05, 0) is 24.6 Å². The lowest BCUT2D eigenvalue weighted by Crippen LogP contribution is -2.58. The number of carbonyl (C=O) groups excluding carboxylic acids is 2. The van der Waals surface area contributed by atoms with E-state index >= 15 is 0 Å². The number of anilines is 1. The van der Waals surface area contributed by atoms with Crippen molar-refractivity contribution in [3.63, 3.8) is 0 Å². The maximum Gasteiger partial charge on any atom is 0.321 e. The van der Waals surface area contributed by atoms with Gasteiger partial charge in [0.1, 0.15) is 12.4 Å². The molecule has 0 aromatic heterocycles. The quantitative estimate of drug-likeness (QED) is 0.331. The van der Waals surface area contributed by atoms with E-state index < -0.39 is 17.9 Å². The number of esters is 1. The first-order chi connectivity index (χ1) is 12.7. The summed E-state index contributed by atoms with van der Waals surface area (Å²) in [5.74, 6) is -1.05. The van der Waals surface area contributed by atoms with Crippen molar-refractivity contribution in [1.29, 1.82) is 0 Å². The molecule has 26 heavy (non-hydrogen) atoms. The summed E-state index contributed by atoms with van der Waals surface area (Å²) in [7, 11) is 0. The number of para-hydroxylation sites is 2. The Morgan fingerprint density at radius 2 is 1.85 bits per heavy atom. The molecule has 5 heteroatoms. The van der Waals surface area contributed by atoms with Gasteiger partial charge in [-0.2, -0.15) is 0 Å².